The molecule has 0 saturated heterocycles. The zero-order valence-electron chi connectivity index (χ0n) is 10.2. The van der Waals surface area contributed by atoms with Crippen LogP contribution in [0.1, 0.15) is 24.0 Å². The van der Waals surface area contributed by atoms with Crippen molar-refractivity contribution in [3.05, 3.63) is 29.3 Å². The average Bonchev–Trinajstić information content (AvgIpc) is 3.11. The summed E-state index contributed by atoms with van der Waals surface area (Å²) in [6.45, 7) is 2.54. The number of sulfonamides is 1. The van der Waals surface area contributed by atoms with Crippen LogP contribution in [0.3, 0.4) is 0 Å². The van der Waals surface area contributed by atoms with E-state index in [2.05, 4.69) is 10.0 Å². The first-order chi connectivity index (χ1) is 8.03. The molecular formula is C12H18N2O2S. The minimum absolute atomic E-state index is 0.370. The Hall–Kier alpha value is -0.910. The van der Waals surface area contributed by atoms with Crippen LogP contribution >= 0.6 is 0 Å². The first-order valence-corrected chi connectivity index (χ1v) is 7.28. The molecule has 1 saturated carbocycles. The smallest absolute Gasteiger partial charge is 0.240 e. The van der Waals surface area contributed by atoms with Crippen LogP contribution in [-0.2, 0) is 16.6 Å². The van der Waals surface area contributed by atoms with Gasteiger partial charge in [0.05, 0.1) is 4.90 Å². The van der Waals surface area contributed by atoms with E-state index in [1.165, 1.54) is 19.9 Å². The number of aryl methyl sites for hydroxylation is 1. The van der Waals surface area contributed by atoms with Crippen molar-refractivity contribution in [1.29, 1.82) is 0 Å². The Morgan fingerprint density at radius 1 is 1.35 bits per heavy atom. The van der Waals surface area contributed by atoms with Gasteiger partial charge in [-0.1, -0.05) is 12.1 Å². The number of nitrogens with one attached hydrogen (secondary N) is 2. The molecule has 4 nitrogen and oxygen atoms in total. The molecule has 0 radical (unpaired) electrons. The molecule has 0 aromatic heterocycles. The summed E-state index contributed by atoms with van der Waals surface area (Å²) in [4.78, 5) is 0.370. The zero-order valence-corrected chi connectivity index (χ0v) is 11.0. The van der Waals surface area contributed by atoms with Gasteiger partial charge in [0.15, 0.2) is 0 Å². The van der Waals surface area contributed by atoms with Crippen LogP contribution in [0.2, 0.25) is 0 Å². The molecule has 0 atom stereocenters. The highest BCUT2D eigenvalue weighted by Gasteiger charge is 2.20. The predicted molar refractivity (Wildman–Crippen MR) is 67.3 cm³/mol. The van der Waals surface area contributed by atoms with Crippen LogP contribution < -0.4 is 10.0 Å². The third-order valence-electron chi connectivity index (χ3n) is 2.98. The topological polar surface area (TPSA) is 58.2 Å². The fourth-order valence-electron chi connectivity index (χ4n) is 1.70. The summed E-state index contributed by atoms with van der Waals surface area (Å²) in [5, 5.41) is 3.37. The molecular weight excluding hydrogens is 236 g/mol. The molecule has 1 aromatic carbocycles. The second-order valence-corrected chi connectivity index (χ2v) is 6.32. The molecule has 0 bridgehead atoms. The van der Waals surface area contributed by atoms with Gasteiger partial charge >= 0.3 is 0 Å². The maximum absolute atomic E-state index is 11.8. The van der Waals surface area contributed by atoms with Gasteiger partial charge in [-0.25, -0.2) is 13.1 Å². The Balaban J connectivity index is 2.22. The van der Waals surface area contributed by atoms with E-state index in [1.807, 2.05) is 19.1 Å². The monoisotopic (exact) mass is 254 g/mol. The lowest BCUT2D eigenvalue weighted by Gasteiger charge is -2.09. The van der Waals surface area contributed by atoms with Gasteiger partial charge in [-0.2, -0.15) is 0 Å². The first kappa shape index (κ1) is 12.5. The largest absolute Gasteiger partial charge is 0.310 e. The summed E-state index contributed by atoms with van der Waals surface area (Å²) in [6, 6.07) is 6.20. The third kappa shape index (κ3) is 3.06. The standard InChI is InChI=1S/C12H18N2O2S/c1-9-3-4-10(8-14-11-5-6-11)7-12(9)17(15,16)13-2/h3-4,7,11,13-14H,5-6,8H2,1-2H3. The van der Waals surface area contributed by atoms with E-state index >= 15 is 0 Å². The van der Waals surface area contributed by atoms with Crippen LogP contribution in [0, 0.1) is 6.92 Å². The SMILES string of the molecule is CNS(=O)(=O)c1cc(CNC2CC2)ccc1C. The third-order valence-corrected chi connectivity index (χ3v) is 4.54. The second kappa shape index (κ2) is 4.76. The molecule has 1 aliphatic carbocycles. The molecule has 0 spiro atoms. The Kier molecular flexibility index (Phi) is 3.51. The summed E-state index contributed by atoms with van der Waals surface area (Å²) in [6.07, 6.45) is 2.46. The fraction of sp³-hybridized carbons (Fsp3) is 0.500. The highest BCUT2D eigenvalue weighted by atomic mass is 32.2. The molecule has 0 amide bonds. The van der Waals surface area contributed by atoms with Crippen LogP contribution in [0.5, 0.6) is 0 Å². The molecule has 0 heterocycles. The number of hydrogen-bond donors (Lipinski definition) is 2. The Morgan fingerprint density at radius 2 is 2.06 bits per heavy atom. The Labute approximate surface area is 102 Å². The Bertz CT molecular complexity index is 507. The van der Waals surface area contributed by atoms with Gasteiger partial charge in [0.1, 0.15) is 0 Å². The first-order valence-electron chi connectivity index (χ1n) is 5.79. The molecule has 17 heavy (non-hydrogen) atoms. The number of rotatable bonds is 5. The summed E-state index contributed by atoms with van der Waals surface area (Å²) in [5.41, 5.74) is 1.78. The van der Waals surface area contributed by atoms with E-state index in [-0.39, 0.29) is 0 Å². The van der Waals surface area contributed by atoms with Crippen LogP contribution in [-0.4, -0.2) is 21.5 Å². The molecule has 94 valence electrons. The van der Waals surface area contributed by atoms with Crippen molar-refractivity contribution in [2.75, 3.05) is 7.05 Å². The van der Waals surface area contributed by atoms with Crippen molar-refractivity contribution >= 4 is 10.0 Å². The maximum Gasteiger partial charge on any atom is 0.240 e. The quantitative estimate of drug-likeness (QED) is 0.829. The lowest BCUT2D eigenvalue weighted by molar-refractivity contribution is 0.587. The Morgan fingerprint density at radius 3 is 2.65 bits per heavy atom. The van der Waals surface area contributed by atoms with Gasteiger partial charge in [0.2, 0.25) is 10.0 Å². The van der Waals surface area contributed by atoms with E-state index in [4.69, 9.17) is 0 Å². The van der Waals surface area contributed by atoms with E-state index in [1.54, 1.807) is 6.07 Å². The molecule has 1 aliphatic rings. The van der Waals surface area contributed by atoms with Crippen LogP contribution in [0.15, 0.2) is 23.1 Å². The van der Waals surface area contributed by atoms with E-state index in [0.29, 0.717) is 10.9 Å². The van der Waals surface area contributed by atoms with Crippen molar-refractivity contribution < 1.29 is 8.42 Å². The number of hydrogen-bond acceptors (Lipinski definition) is 3. The van der Waals surface area contributed by atoms with Gasteiger partial charge in [-0.05, 0) is 44.0 Å². The zero-order chi connectivity index (χ0) is 12.5. The minimum Gasteiger partial charge on any atom is -0.310 e. The highest BCUT2D eigenvalue weighted by Crippen LogP contribution is 2.21. The molecule has 2 rings (SSSR count). The summed E-state index contributed by atoms with van der Waals surface area (Å²) in [7, 11) is -1.92. The van der Waals surface area contributed by atoms with Gasteiger partial charge in [-0.15, -0.1) is 0 Å². The second-order valence-electron chi connectivity index (χ2n) is 4.46. The van der Waals surface area contributed by atoms with Crippen LogP contribution in [0.4, 0.5) is 0 Å². The van der Waals surface area contributed by atoms with Gasteiger partial charge in [-0.3, -0.25) is 0 Å². The molecule has 5 heteroatoms. The lowest BCUT2D eigenvalue weighted by atomic mass is 10.1. The molecule has 0 unspecified atom stereocenters. The maximum atomic E-state index is 11.8. The van der Waals surface area contributed by atoms with E-state index < -0.39 is 10.0 Å². The fourth-order valence-corrected chi connectivity index (χ4v) is 2.72. The minimum atomic E-state index is -3.35. The van der Waals surface area contributed by atoms with Crippen molar-refractivity contribution in [2.45, 2.75) is 37.2 Å². The predicted octanol–water partition coefficient (Wildman–Crippen LogP) is 1.16. The van der Waals surface area contributed by atoms with Gasteiger partial charge in [0, 0.05) is 12.6 Å². The average molecular weight is 254 g/mol. The van der Waals surface area contributed by atoms with Crippen LogP contribution in [0.25, 0.3) is 0 Å². The van der Waals surface area contributed by atoms with E-state index in [0.717, 1.165) is 17.7 Å². The summed E-state index contributed by atoms with van der Waals surface area (Å²) >= 11 is 0. The molecule has 1 aromatic rings. The van der Waals surface area contributed by atoms with E-state index in [9.17, 15) is 8.42 Å². The van der Waals surface area contributed by atoms with Crippen molar-refractivity contribution in [3.63, 3.8) is 0 Å². The highest BCUT2D eigenvalue weighted by molar-refractivity contribution is 7.89. The van der Waals surface area contributed by atoms with Gasteiger partial charge in [0.25, 0.3) is 0 Å². The molecule has 0 aliphatic heterocycles. The normalized spacial score (nSPS) is 16.1. The van der Waals surface area contributed by atoms with Gasteiger partial charge < -0.3 is 5.32 Å². The van der Waals surface area contributed by atoms with Crippen molar-refractivity contribution in [2.24, 2.45) is 0 Å². The summed E-state index contributed by atoms with van der Waals surface area (Å²) in [5.74, 6) is 0. The molecule has 2 N–H and O–H groups in total. The van der Waals surface area contributed by atoms with Crippen molar-refractivity contribution in [3.8, 4) is 0 Å². The lowest BCUT2D eigenvalue weighted by Crippen LogP contribution is -2.20. The summed E-state index contributed by atoms with van der Waals surface area (Å²) < 4.78 is 25.9. The number of benzene rings is 1. The van der Waals surface area contributed by atoms with Crippen molar-refractivity contribution in [1.82, 2.24) is 10.0 Å². The molecule has 1 fully saturated rings.